The van der Waals surface area contributed by atoms with E-state index >= 15 is 0 Å². The zero-order valence-electron chi connectivity index (χ0n) is 7.53. The van der Waals surface area contributed by atoms with Gasteiger partial charge in [-0.15, -0.1) is 0 Å². The van der Waals surface area contributed by atoms with Crippen LogP contribution < -0.4 is 5.73 Å². The van der Waals surface area contributed by atoms with E-state index in [-0.39, 0.29) is 0 Å². The standard InChI is InChI=1S/C10H14N2O/c11-8-5-6-12-10-7(8)3-1-2-4-9(10)13/h5-6,9,13H,1-4H2,(H2,11,12). The van der Waals surface area contributed by atoms with E-state index in [2.05, 4.69) is 4.98 Å². The number of rotatable bonds is 0. The van der Waals surface area contributed by atoms with E-state index in [9.17, 15) is 5.11 Å². The molecule has 3 nitrogen and oxygen atoms in total. The van der Waals surface area contributed by atoms with Crippen LogP contribution in [0.15, 0.2) is 12.3 Å². The summed E-state index contributed by atoms with van der Waals surface area (Å²) >= 11 is 0. The average molecular weight is 178 g/mol. The van der Waals surface area contributed by atoms with E-state index in [0.717, 1.165) is 42.6 Å². The number of nitrogens with two attached hydrogens (primary N) is 1. The highest BCUT2D eigenvalue weighted by atomic mass is 16.3. The lowest BCUT2D eigenvalue weighted by molar-refractivity contribution is 0.162. The Bertz CT molecular complexity index is 312. The second kappa shape index (κ2) is 3.34. The zero-order chi connectivity index (χ0) is 9.26. The van der Waals surface area contributed by atoms with Gasteiger partial charge in [-0.05, 0) is 30.9 Å². The maximum atomic E-state index is 9.75. The van der Waals surface area contributed by atoms with Crippen molar-refractivity contribution in [1.82, 2.24) is 4.98 Å². The van der Waals surface area contributed by atoms with Gasteiger partial charge in [-0.1, -0.05) is 6.42 Å². The molecule has 1 aliphatic carbocycles. The molecule has 1 aliphatic rings. The third-order valence-electron chi connectivity index (χ3n) is 2.60. The largest absolute Gasteiger partial charge is 0.398 e. The highest BCUT2D eigenvalue weighted by Gasteiger charge is 2.18. The van der Waals surface area contributed by atoms with E-state index in [1.807, 2.05) is 0 Å². The van der Waals surface area contributed by atoms with Crippen molar-refractivity contribution in [3.8, 4) is 0 Å². The summed E-state index contributed by atoms with van der Waals surface area (Å²) in [6, 6.07) is 1.80. The van der Waals surface area contributed by atoms with Gasteiger partial charge in [-0.25, -0.2) is 0 Å². The molecule has 0 spiro atoms. The second-order valence-electron chi connectivity index (χ2n) is 3.53. The van der Waals surface area contributed by atoms with E-state index in [1.54, 1.807) is 12.3 Å². The number of pyridine rings is 1. The SMILES string of the molecule is Nc1ccnc2c1CCCCC2O. The predicted octanol–water partition coefficient (Wildman–Crippen LogP) is 1.42. The van der Waals surface area contributed by atoms with E-state index in [4.69, 9.17) is 5.73 Å². The summed E-state index contributed by atoms with van der Waals surface area (Å²) < 4.78 is 0. The fraction of sp³-hybridized carbons (Fsp3) is 0.500. The number of nitrogen functional groups attached to an aromatic ring is 1. The first-order valence-corrected chi connectivity index (χ1v) is 4.70. The lowest BCUT2D eigenvalue weighted by Gasteiger charge is -2.11. The molecule has 13 heavy (non-hydrogen) atoms. The molecule has 0 saturated carbocycles. The van der Waals surface area contributed by atoms with Crippen molar-refractivity contribution in [3.63, 3.8) is 0 Å². The number of aliphatic hydroxyl groups is 1. The monoisotopic (exact) mass is 178 g/mol. The minimum Gasteiger partial charge on any atom is -0.398 e. The van der Waals surface area contributed by atoms with Crippen molar-refractivity contribution >= 4 is 5.69 Å². The Hall–Kier alpha value is -1.09. The van der Waals surface area contributed by atoms with Crippen molar-refractivity contribution < 1.29 is 5.11 Å². The average Bonchev–Trinajstić information content (AvgIpc) is 2.30. The minimum atomic E-state index is -0.416. The lowest BCUT2D eigenvalue weighted by Crippen LogP contribution is -2.04. The molecule has 70 valence electrons. The first kappa shape index (κ1) is 8.51. The highest BCUT2D eigenvalue weighted by molar-refractivity contribution is 5.49. The Morgan fingerprint density at radius 2 is 2.31 bits per heavy atom. The van der Waals surface area contributed by atoms with Gasteiger partial charge in [0.25, 0.3) is 0 Å². The van der Waals surface area contributed by atoms with Gasteiger partial charge >= 0.3 is 0 Å². The number of aliphatic hydroxyl groups excluding tert-OH is 1. The second-order valence-corrected chi connectivity index (χ2v) is 3.53. The van der Waals surface area contributed by atoms with Gasteiger partial charge in [-0.2, -0.15) is 0 Å². The molecule has 1 aromatic heterocycles. The van der Waals surface area contributed by atoms with Crippen LogP contribution in [0.1, 0.15) is 36.6 Å². The summed E-state index contributed by atoms with van der Waals surface area (Å²) in [6.45, 7) is 0. The van der Waals surface area contributed by atoms with Crippen molar-refractivity contribution in [2.24, 2.45) is 0 Å². The maximum absolute atomic E-state index is 9.75. The van der Waals surface area contributed by atoms with Crippen molar-refractivity contribution in [2.75, 3.05) is 5.73 Å². The molecule has 1 atom stereocenters. The van der Waals surface area contributed by atoms with Crippen LogP contribution in [0.25, 0.3) is 0 Å². The minimum absolute atomic E-state index is 0.416. The number of hydrogen-bond donors (Lipinski definition) is 2. The third-order valence-corrected chi connectivity index (χ3v) is 2.60. The summed E-state index contributed by atoms with van der Waals surface area (Å²) in [5, 5.41) is 9.75. The van der Waals surface area contributed by atoms with Gasteiger partial charge in [0, 0.05) is 11.9 Å². The molecule has 1 unspecified atom stereocenters. The Kier molecular flexibility index (Phi) is 2.19. The Morgan fingerprint density at radius 1 is 1.46 bits per heavy atom. The molecular weight excluding hydrogens is 164 g/mol. The molecular formula is C10H14N2O. The van der Waals surface area contributed by atoms with Crippen molar-refractivity contribution in [1.29, 1.82) is 0 Å². The summed E-state index contributed by atoms with van der Waals surface area (Å²) in [5.41, 5.74) is 8.43. The molecule has 0 amide bonds. The zero-order valence-corrected chi connectivity index (χ0v) is 7.53. The normalized spacial score (nSPS) is 22.1. The number of aromatic nitrogens is 1. The first-order chi connectivity index (χ1) is 6.29. The van der Waals surface area contributed by atoms with Crippen molar-refractivity contribution in [2.45, 2.75) is 31.8 Å². The Morgan fingerprint density at radius 3 is 3.15 bits per heavy atom. The van der Waals surface area contributed by atoms with Crippen LogP contribution in [-0.4, -0.2) is 10.1 Å². The predicted molar refractivity (Wildman–Crippen MR) is 51.2 cm³/mol. The maximum Gasteiger partial charge on any atom is 0.0963 e. The van der Waals surface area contributed by atoms with Crippen molar-refractivity contribution in [3.05, 3.63) is 23.5 Å². The van der Waals surface area contributed by atoms with Crippen LogP contribution in [0.5, 0.6) is 0 Å². The molecule has 2 rings (SSSR count). The topological polar surface area (TPSA) is 59.1 Å². The number of fused-ring (bicyclic) bond motifs is 1. The number of hydrogen-bond acceptors (Lipinski definition) is 3. The first-order valence-electron chi connectivity index (χ1n) is 4.70. The van der Waals surface area contributed by atoms with Crippen LogP contribution in [0, 0.1) is 0 Å². The van der Waals surface area contributed by atoms with Gasteiger partial charge in [0.2, 0.25) is 0 Å². The smallest absolute Gasteiger partial charge is 0.0963 e. The summed E-state index contributed by atoms with van der Waals surface area (Å²) in [5.74, 6) is 0. The van der Waals surface area contributed by atoms with Crippen LogP contribution in [0.3, 0.4) is 0 Å². The summed E-state index contributed by atoms with van der Waals surface area (Å²) in [7, 11) is 0. The molecule has 1 heterocycles. The van der Waals surface area contributed by atoms with E-state index < -0.39 is 6.10 Å². The van der Waals surface area contributed by atoms with Gasteiger partial charge in [0.05, 0.1) is 11.8 Å². The molecule has 0 radical (unpaired) electrons. The van der Waals surface area contributed by atoms with Crippen LogP contribution in [0.4, 0.5) is 5.69 Å². The van der Waals surface area contributed by atoms with Crippen LogP contribution >= 0.6 is 0 Å². The van der Waals surface area contributed by atoms with E-state index in [0.29, 0.717) is 0 Å². The van der Waals surface area contributed by atoms with Gasteiger partial charge in [0.1, 0.15) is 0 Å². The summed E-state index contributed by atoms with van der Waals surface area (Å²) in [4.78, 5) is 4.19. The van der Waals surface area contributed by atoms with Gasteiger partial charge in [0.15, 0.2) is 0 Å². The highest BCUT2D eigenvalue weighted by Crippen LogP contribution is 2.29. The Labute approximate surface area is 77.6 Å². The third kappa shape index (κ3) is 1.52. The molecule has 0 bridgehead atoms. The van der Waals surface area contributed by atoms with Crippen LogP contribution in [-0.2, 0) is 6.42 Å². The number of nitrogens with zero attached hydrogens (tertiary/aromatic N) is 1. The lowest BCUT2D eigenvalue weighted by atomic mass is 10.1. The molecule has 3 heteroatoms. The molecule has 1 aromatic rings. The molecule has 0 aliphatic heterocycles. The molecule has 0 aromatic carbocycles. The van der Waals surface area contributed by atoms with Gasteiger partial charge < -0.3 is 10.8 Å². The molecule has 3 N–H and O–H groups in total. The fourth-order valence-corrected chi connectivity index (χ4v) is 1.86. The summed E-state index contributed by atoms with van der Waals surface area (Å²) in [6.07, 6.45) is 5.16. The number of anilines is 1. The van der Waals surface area contributed by atoms with Crippen LogP contribution in [0.2, 0.25) is 0 Å². The molecule has 0 fully saturated rings. The molecule has 0 saturated heterocycles. The van der Waals surface area contributed by atoms with Gasteiger partial charge in [-0.3, -0.25) is 4.98 Å². The fourth-order valence-electron chi connectivity index (χ4n) is 1.86. The quantitative estimate of drug-likeness (QED) is 0.591. The van der Waals surface area contributed by atoms with E-state index in [1.165, 1.54) is 0 Å². The Balaban J connectivity index is 2.47.